The lowest BCUT2D eigenvalue weighted by Crippen LogP contribution is -2.21. The number of carbonyl (C=O) groups is 2. The highest BCUT2D eigenvalue weighted by molar-refractivity contribution is 6.06. The number of nitrogens with one attached hydrogen (secondary N) is 1. The molecule has 1 aromatic rings. The Labute approximate surface area is 94.6 Å². The van der Waals surface area contributed by atoms with E-state index in [-0.39, 0.29) is 6.42 Å². The quantitative estimate of drug-likeness (QED) is 0.765. The highest BCUT2D eigenvalue weighted by atomic mass is 19.4. The van der Waals surface area contributed by atoms with Gasteiger partial charge in [0.15, 0.2) is 0 Å². The number of benzene rings is 1. The summed E-state index contributed by atoms with van der Waals surface area (Å²) in [6.45, 7) is 0. The zero-order valence-corrected chi connectivity index (χ0v) is 8.54. The van der Waals surface area contributed by atoms with Crippen LogP contribution in [0.1, 0.15) is 23.5 Å². The number of hydrogen-bond donors (Lipinski definition) is 1. The van der Waals surface area contributed by atoms with Crippen molar-refractivity contribution in [2.24, 2.45) is 0 Å². The van der Waals surface area contributed by atoms with Crippen molar-refractivity contribution in [3.05, 3.63) is 35.4 Å². The molecule has 1 aliphatic heterocycles. The van der Waals surface area contributed by atoms with Crippen molar-refractivity contribution >= 4 is 11.8 Å². The summed E-state index contributed by atoms with van der Waals surface area (Å²) < 4.78 is 36.9. The Morgan fingerprint density at radius 1 is 1.12 bits per heavy atom. The molecule has 1 unspecified atom stereocenters. The Morgan fingerprint density at radius 2 is 1.71 bits per heavy atom. The third-order valence-electron chi connectivity index (χ3n) is 2.61. The minimum atomic E-state index is -4.40. The topological polar surface area (TPSA) is 46.2 Å². The molecule has 6 heteroatoms. The van der Waals surface area contributed by atoms with Crippen molar-refractivity contribution in [2.45, 2.75) is 18.5 Å². The highest BCUT2D eigenvalue weighted by Gasteiger charge is 2.33. The van der Waals surface area contributed by atoms with Crippen LogP contribution in [0.15, 0.2) is 24.3 Å². The van der Waals surface area contributed by atoms with Crippen molar-refractivity contribution in [1.29, 1.82) is 0 Å². The summed E-state index contributed by atoms with van der Waals surface area (Å²) in [5.74, 6) is -1.54. The molecule has 1 N–H and O–H groups in total. The Bertz CT molecular complexity index is 465. The standard InChI is InChI=1S/C11H8F3NO2/c12-11(13,14)7-3-1-6(2-4-7)8-5-9(16)15-10(8)17/h1-4,8H,5H2,(H,15,16,17). The van der Waals surface area contributed by atoms with Crippen LogP contribution in [-0.2, 0) is 15.8 Å². The molecule has 2 rings (SSSR count). The maximum Gasteiger partial charge on any atom is 0.416 e. The van der Waals surface area contributed by atoms with E-state index in [2.05, 4.69) is 5.32 Å². The summed E-state index contributed by atoms with van der Waals surface area (Å²) in [4.78, 5) is 22.3. The van der Waals surface area contributed by atoms with E-state index in [0.717, 1.165) is 12.1 Å². The van der Waals surface area contributed by atoms with E-state index in [1.807, 2.05) is 0 Å². The van der Waals surface area contributed by atoms with Crippen molar-refractivity contribution in [2.75, 3.05) is 0 Å². The van der Waals surface area contributed by atoms with E-state index in [1.54, 1.807) is 0 Å². The Kier molecular flexibility index (Phi) is 2.65. The Morgan fingerprint density at radius 3 is 2.12 bits per heavy atom. The zero-order chi connectivity index (χ0) is 12.6. The van der Waals surface area contributed by atoms with Gasteiger partial charge in [-0.3, -0.25) is 14.9 Å². The van der Waals surface area contributed by atoms with E-state index in [1.165, 1.54) is 12.1 Å². The minimum absolute atomic E-state index is 0.00972. The molecular formula is C11H8F3NO2. The Hall–Kier alpha value is -1.85. The number of hydrogen-bond acceptors (Lipinski definition) is 2. The van der Waals surface area contributed by atoms with Gasteiger partial charge in [-0.2, -0.15) is 13.2 Å². The summed E-state index contributed by atoms with van der Waals surface area (Å²) in [6, 6.07) is 4.27. The molecule has 90 valence electrons. The predicted octanol–water partition coefficient (Wildman–Crippen LogP) is 1.84. The van der Waals surface area contributed by atoms with Gasteiger partial charge < -0.3 is 0 Å². The fourth-order valence-corrected chi connectivity index (χ4v) is 1.73. The predicted molar refractivity (Wildman–Crippen MR) is 52.0 cm³/mol. The molecular weight excluding hydrogens is 235 g/mol. The molecule has 1 saturated heterocycles. The number of amides is 2. The lowest BCUT2D eigenvalue weighted by atomic mass is 9.96. The Balaban J connectivity index is 2.24. The van der Waals surface area contributed by atoms with Crippen LogP contribution in [0.2, 0.25) is 0 Å². The highest BCUT2D eigenvalue weighted by Crippen LogP contribution is 2.31. The van der Waals surface area contributed by atoms with Gasteiger partial charge in [0.25, 0.3) is 0 Å². The van der Waals surface area contributed by atoms with Gasteiger partial charge in [-0.15, -0.1) is 0 Å². The molecule has 1 aliphatic rings. The van der Waals surface area contributed by atoms with Gasteiger partial charge in [0.2, 0.25) is 11.8 Å². The maximum atomic E-state index is 12.3. The van der Waals surface area contributed by atoms with Crippen molar-refractivity contribution in [1.82, 2.24) is 5.32 Å². The van der Waals surface area contributed by atoms with Gasteiger partial charge in [0.05, 0.1) is 11.5 Å². The first-order valence-corrected chi connectivity index (χ1v) is 4.89. The van der Waals surface area contributed by atoms with Crippen LogP contribution in [0.25, 0.3) is 0 Å². The monoisotopic (exact) mass is 243 g/mol. The van der Waals surface area contributed by atoms with Gasteiger partial charge in [-0.1, -0.05) is 12.1 Å². The molecule has 0 bridgehead atoms. The molecule has 1 aromatic carbocycles. The molecule has 0 aliphatic carbocycles. The molecule has 17 heavy (non-hydrogen) atoms. The van der Waals surface area contributed by atoms with Crippen molar-refractivity contribution < 1.29 is 22.8 Å². The van der Waals surface area contributed by atoms with Crippen LogP contribution >= 0.6 is 0 Å². The largest absolute Gasteiger partial charge is 0.416 e. The van der Waals surface area contributed by atoms with Crippen LogP contribution in [-0.4, -0.2) is 11.8 Å². The first-order chi connectivity index (χ1) is 7.88. The third-order valence-corrected chi connectivity index (χ3v) is 2.61. The first kappa shape index (κ1) is 11.6. The van der Waals surface area contributed by atoms with Crippen LogP contribution in [0.4, 0.5) is 13.2 Å². The van der Waals surface area contributed by atoms with Gasteiger partial charge >= 0.3 is 6.18 Å². The fraction of sp³-hybridized carbons (Fsp3) is 0.273. The fourth-order valence-electron chi connectivity index (χ4n) is 1.73. The van der Waals surface area contributed by atoms with Crippen molar-refractivity contribution in [3.8, 4) is 0 Å². The summed E-state index contributed by atoms with van der Waals surface area (Å²) >= 11 is 0. The molecule has 0 radical (unpaired) electrons. The summed E-state index contributed by atoms with van der Waals surface area (Å²) in [5, 5.41) is 2.11. The summed E-state index contributed by atoms with van der Waals surface area (Å²) in [6.07, 6.45) is -4.41. The second-order valence-electron chi connectivity index (χ2n) is 3.79. The number of alkyl halides is 3. The second-order valence-corrected chi connectivity index (χ2v) is 3.79. The van der Waals surface area contributed by atoms with Crippen molar-refractivity contribution in [3.63, 3.8) is 0 Å². The van der Waals surface area contributed by atoms with Gasteiger partial charge in [0, 0.05) is 6.42 Å². The van der Waals surface area contributed by atoms with Crippen LogP contribution in [0.3, 0.4) is 0 Å². The molecule has 1 heterocycles. The SMILES string of the molecule is O=C1CC(c2ccc(C(F)(F)F)cc2)C(=O)N1. The average molecular weight is 243 g/mol. The van der Waals surface area contributed by atoms with Crippen LogP contribution in [0.5, 0.6) is 0 Å². The molecule has 2 amide bonds. The van der Waals surface area contributed by atoms with E-state index < -0.39 is 29.5 Å². The molecule has 0 aromatic heterocycles. The van der Waals surface area contributed by atoms with E-state index in [4.69, 9.17) is 0 Å². The molecule has 3 nitrogen and oxygen atoms in total. The first-order valence-electron chi connectivity index (χ1n) is 4.89. The van der Waals surface area contributed by atoms with Crippen LogP contribution in [0, 0.1) is 0 Å². The maximum absolute atomic E-state index is 12.3. The number of imide groups is 1. The average Bonchev–Trinajstić information content (AvgIpc) is 2.57. The second kappa shape index (κ2) is 3.87. The number of rotatable bonds is 1. The minimum Gasteiger partial charge on any atom is -0.296 e. The zero-order valence-electron chi connectivity index (χ0n) is 8.54. The third kappa shape index (κ3) is 2.30. The molecule has 0 spiro atoms. The number of carbonyl (C=O) groups excluding carboxylic acids is 2. The molecule has 0 saturated carbocycles. The molecule has 1 atom stereocenters. The van der Waals surface area contributed by atoms with Gasteiger partial charge in [-0.05, 0) is 17.7 Å². The van der Waals surface area contributed by atoms with E-state index in [0.29, 0.717) is 5.56 Å². The summed E-state index contributed by atoms with van der Waals surface area (Å²) in [5.41, 5.74) is -0.354. The lowest BCUT2D eigenvalue weighted by Gasteiger charge is -2.09. The van der Waals surface area contributed by atoms with E-state index in [9.17, 15) is 22.8 Å². The smallest absolute Gasteiger partial charge is 0.296 e. The number of halogens is 3. The van der Waals surface area contributed by atoms with Gasteiger partial charge in [-0.25, -0.2) is 0 Å². The van der Waals surface area contributed by atoms with Crippen LogP contribution < -0.4 is 5.32 Å². The normalized spacial score (nSPS) is 20.5. The lowest BCUT2D eigenvalue weighted by molar-refractivity contribution is -0.137. The van der Waals surface area contributed by atoms with Gasteiger partial charge in [0.1, 0.15) is 0 Å². The summed E-state index contributed by atoms with van der Waals surface area (Å²) in [7, 11) is 0. The molecule has 1 fully saturated rings. The van der Waals surface area contributed by atoms with E-state index >= 15 is 0 Å².